The lowest BCUT2D eigenvalue weighted by Crippen LogP contribution is -2.40. The summed E-state index contributed by atoms with van der Waals surface area (Å²) in [7, 11) is -2.94. The standard InChI is InChI=1S/C19H24N4O5S/c1-14-20-18(28-21-14)15-5-7-23(8-6-15)19(24)27-17-4-2-3-16(13-17)22-9-11-29(25,26)12-10-22/h2-4,13,15H,5-12H2,1H3. The summed E-state index contributed by atoms with van der Waals surface area (Å²) in [5, 5.41) is 3.83. The fourth-order valence-electron chi connectivity index (χ4n) is 3.67. The van der Waals surface area contributed by atoms with Crippen molar-refractivity contribution in [2.45, 2.75) is 25.7 Å². The van der Waals surface area contributed by atoms with Gasteiger partial charge in [-0.15, -0.1) is 0 Å². The highest BCUT2D eigenvalue weighted by atomic mass is 32.2. The second-order valence-corrected chi connectivity index (χ2v) is 9.75. The van der Waals surface area contributed by atoms with Crippen LogP contribution < -0.4 is 9.64 Å². The highest BCUT2D eigenvalue weighted by molar-refractivity contribution is 7.91. The van der Waals surface area contributed by atoms with Crippen LogP contribution in [0.4, 0.5) is 10.5 Å². The lowest BCUT2D eigenvalue weighted by Gasteiger charge is -2.30. The first-order valence-electron chi connectivity index (χ1n) is 9.72. The number of benzene rings is 1. The summed E-state index contributed by atoms with van der Waals surface area (Å²) in [5.41, 5.74) is 0.857. The van der Waals surface area contributed by atoms with E-state index in [9.17, 15) is 13.2 Å². The van der Waals surface area contributed by atoms with Crippen molar-refractivity contribution in [3.05, 3.63) is 36.0 Å². The number of carbonyl (C=O) groups is 1. The van der Waals surface area contributed by atoms with Gasteiger partial charge in [-0.25, -0.2) is 13.2 Å². The van der Waals surface area contributed by atoms with Gasteiger partial charge in [0.05, 0.1) is 11.5 Å². The monoisotopic (exact) mass is 420 g/mol. The van der Waals surface area contributed by atoms with Gasteiger partial charge in [0, 0.05) is 43.9 Å². The van der Waals surface area contributed by atoms with Crippen molar-refractivity contribution < 1.29 is 22.5 Å². The molecule has 1 aromatic heterocycles. The summed E-state index contributed by atoms with van der Waals surface area (Å²) in [5.74, 6) is 2.16. The normalized spacial score (nSPS) is 19.9. The van der Waals surface area contributed by atoms with E-state index in [4.69, 9.17) is 9.26 Å². The molecule has 156 valence electrons. The van der Waals surface area contributed by atoms with Crippen molar-refractivity contribution in [1.29, 1.82) is 0 Å². The number of aromatic nitrogens is 2. The van der Waals surface area contributed by atoms with Gasteiger partial charge in [0.1, 0.15) is 5.75 Å². The number of sulfone groups is 1. The molecule has 0 radical (unpaired) electrons. The topological polar surface area (TPSA) is 106 Å². The Labute approximate surface area is 169 Å². The maximum Gasteiger partial charge on any atom is 0.415 e. The van der Waals surface area contributed by atoms with E-state index < -0.39 is 9.84 Å². The fourth-order valence-corrected chi connectivity index (χ4v) is 4.87. The minimum Gasteiger partial charge on any atom is -0.410 e. The zero-order valence-electron chi connectivity index (χ0n) is 16.3. The van der Waals surface area contributed by atoms with Crippen LogP contribution in [0.5, 0.6) is 5.75 Å². The summed E-state index contributed by atoms with van der Waals surface area (Å²) in [6, 6.07) is 7.22. The van der Waals surface area contributed by atoms with Crippen LogP contribution in [0.25, 0.3) is 0 Å². The molecule has 2 fully saturated rings. The molecule has 0 aliphatic carbocycles. The number of carbonyl (C=O) groups excluding carboxylic acids is 1. The molecule has 3 heterocycles. The van der Waals surface area contributed by atoms with Crippen molar-refractivity contribution >= 4 is 21.6 Å². The molecule has 0 unspecified atom stereocenters. The van der Waals surface area contributed by atoms with Gasteiger partial charge < -0.3 is 19.1 Å². The van der Waals surface area contributed by atoms with Gasteiger partial charge in [0.25, 0.3) is 0 Å². The first-order valence-corrected chi connectivity index (χ1v) is 11.5. The first-order chi connectivity index (χ1) is 13.9. The van der Waals surface area contributed by atoms with Crippen LogP contribution in [0, 0.1) is 6.92 Å². The highest BCUT2D eigenvalue weighted by Crippen LogP contribution is 2.28. The molecule has 0 saturated carbocycles. The molecule has 0 spiro atoms. The lowest BCUT2D eigenvalue weighted by atomic mass is 9.97. The molecule has 0 N–H and O–H groups in total. The Balaban J connectivity index is 1.33. The third-order valence-corrected chi connectivity index (χ3v) is 6.99. The molecule has 29 heavy (non-hydrogen) atoms. The molecule has 1 aromatic carbocycles. The molecule has 2 aliphatic rings. The number of rotatable bonds is 3. The third kappa shape index (κ3) is 4.69. The van der Waals surface area contributed by atoms with Gasteiger partial charge in [0.15, 0.2) is 15.7 Å². The molecular weight excluding hydrogens is 396 g/mol. The van der Waals surface area contributed by atoms with E-state index in [0.717, 1.165) is 18.5 Å². The Morgan fingerprint density at radius 3 is 2.55 bits per heavy atom. The Morgan fingerprint density at radius 2 is 1.90 bits per heavy atom. The molecule has 10 heteroatoms. The zero-order chi connectivity index (χ0) is 20.4. The van der Waals surface area contributed by atoms with Crippen LogP contribution in [-0.2, 0) is 9.84 Å². The van der Waals surface area contributed by atoms with E-state index in [-0.39, 0.29) is 23.5 Å². The number of anilines is 1. The zero-order valence-corrected chi connectivity index (χ0v) is 17.1. The van der Waals surface area contributed by atoms with E-state index in [1.54, 1.807) is 24.0 Å². The molecule has 0 bridgehead atoms. The molecule has 2 aliphatic heterocycles. The minimum atomic E-state index is -2.94. The van der Waals surface area contributed by atoms with Crippen LogP contribution >= 0.6 is 0 Å². The smallest absolute Gasteiger partial charge is 0.410 e. The Hall–Kier alpha value is -2.62. The summed E-state index contributed by atoms with van der Waals surface area (Å²) in [4.78, 5) is 20.5. The van der Waals surface area contributed by atoms with Gasteiger partial charge in [-0.05, 0) is 31.9 Å². The second kappa shape index (κ2) is 8.02. The largest absolute Gasteiger partial charge is 0.415 e. The van der Waals surface area contributed by atoms with E-state index in [1.807, 2.05) is 17.0 Å². The first kappa shape index (κ1) is 19.7. The number of amides is 1. The van der Waals surface area contributed by atoms with Crippen LogP contribution in [-0.4, -0.2) is 67.2 Å². The number of hydrogen-bond donors (Lipinski definition) is 0. The predicted octanol–water partition coefficient (Wildman–Crippen LogP) is 1.99. The van der Waals surface area contributed by atoms with E-state index in [2.05, 4.69) is 10.1 Å². The van der Waals surface area contributed by atoms with Crippen molar-refractivity contribution in [2.24, 2.45) is 0 Å². The van der Waals surface area contributed by atoms with Crippen LogP contribution in [0.15, 0.2) is 28.8 Å². The molecule has 4 rings (SSSR count). The number of nitrogens with zero attached hydrogens (tertiary/aromatic N) is 4. The maximum atomic E-state index is 12.5. The highest BCUT2D eigenvalue weighted by Gasteiger charge is 2.28. The van der Waals surface area contributed by atoms with Gasteiger partial charge in [-0.1, -0.05) is 11.2 Å². The molecule has 9 nitrogen and oxygen atoms in total. The van der Waals surface area contributed by atoms with E-state index >= 15 is 0 Å². The number of hydrogen-bond acceptors (Lipinski definition) is 8. The number of likely N-dealkylation sites (tertiary alicyclic amines) is 1. The minimum absolute atomic E-state index is 0.144. The second-order valence-electron chi connectivity index (χ2n) is 7.45. The quantitative estimate of drug-likeness (QED) is 0.742. The molecule has 0 atom stereocenters. The van der Waals surface area contributed by atoms with Crippen molar-refractivity contribution in [2.75, 3.05) is 42.6 Å². The Kier molecular flexibility index (Phi) is 5.44. The Bertz CT molecular complexity index is 968. The van der Waals surface area contributed by atoms with E-state index in [1.165, 1.54) is 0 Å². The van der Waals surface area contributed by atoms with E-state index in [0.29, 0.717) is 43.6 Å². The van der Waals surface area contributed by atoms with Crippen molar-refractivity contribution in [1.82, 2.24) is 15.0 Å². The fraction of sp³-hybridized carbons (Fsp3) is 0.526. The summed E-state index contributed by atoms with van der Waals surface area (Å²) < 4.78 is 34.0. The van der Waals surface area contributed by atoms with Gasteiger partial charge in [0.2, 0.25) is 5.89 Å². The van der Waals surface area contributed by atoms with Crippen molar-refractivity contribution in [3.63, 3.8) is 0 Å². The van der Waals surface area contributed by atoms with Crippen LogP contribution in [0.1, 0.15) is 30.5 Å². The SMILES string of the molecule is Cc1noc(C2CCN(C(=O)Oc3cccc(N4CCS(=O)(=O)CC4)c3)CC2)n1. The molecule has 2 aromatic rings. The summed E-state index contributed by atoms with van der Waals surface area (Å²) in [6.07, 6.45) is 1.11. The predicted molar refractivity (Wildman–Crippen MR) is 106 cm³/mol. The average molecular weight is 420 g/mol. The number of aryl methyl sites for hydroxylation is 1. The summed E-state index contributed by atoms with van der Waals surface area (Å²) >= 11 is 0. The molecular formula is C19H24N4O5S. The number of piperidine rings is 1. The van der Waals surface area contributed by atoms with Crippen LogP contribution in [0.2, 0.25) is 0 Å². The van der Waals surface area contributed by atoms with Crippen molar-refractivity contribution in [3.8, 4) is 5.75 Å². The van der Waals surface area contributed by atoms with Gasteiger partial charge in [-0.2, -0.15) is 4.98 Å². The van der Waals surface area contributed by atoms with Gasteiger partial charge >= 0.3 is 6.09 Å². The number of ether oxygens (including phenoxy) is 1. The third-order valence-electron chi connectivity index (χ3n) is 5.38. The lowest BCUT2D eigenvalue weighted by molar-refractivity contribution is 0.135. The molecule has 2 saturated heterocycles. The molecule has 1 amide bonds. The summed E-state index contributed by atoms with van der Waals surface area (Å²) in [6.45, 7) is 3.81. The van der Waals surface area contributed by atoms with Crippen LogP contribution in [0.3, 0.4) is 0 Å². The average Bonchev–Trinajstić information content (AvgIpc) is 3.14. The maximum absolute atomic E-state index is 12.5. The van der Waals surface area contributed by atoms with Gasteiger partial charge in [-0.3, -0.25) is 0 Å². The Morgan fingerprint density at radius 1 is 1.17 bits per heavy atom.